The van der Waals surface area contributed by atoms with Gasteiger partial charge in [0.1, 0.15) is 0 Å². The first-order valence-electron chi connectivity index (χ1n) is 7.33. The van der Waals surface area contributed by atoms with E-state index in [9.17, 15) is 9.59 Å². The van der Waals surface area contributed by atoms with E-state index in [-0.39, 0.29) is 17.7 Å². The molecule has 0 saturated heterocycles. The molecule has 21 heavy (non-hydrogen) atoms. The smallest absolute Gasteiger partial charge is 0.224 e. The van der Waals surface area contributed by atoms with Crippen molar-refractivity contribution in [1.29, 1.82) is 0 Å². The molecule has 2 N–H and O–H groups in total. The number of hydrogen-bond donors (Lipinski definition) is 2. The molecule has 0 radical (unpaired) electrons. The van der Waals surface area contributed by atoms with Gasteiger partial charge in [-0.15, -0.1) is 0 Å². The van der Waals surface area contributed by atoms with Gasteiger partial charge in [0.05, 0.1) is 0 Å². The highest BCUT2D eigenvalue weighted by Crippen LogP contribution is 2.17. The summed E-state index contributed by atoms with van der Waals surface area (Å²) in [4.78, 5) is 23.6. The van der Waals surface area contributed by atoms with Crippen LogP contribution in [0.5, 0.6) is 0 Å². The molecular weight excluding hydrogens is 332 g/mol. The second-order valence-electron chi connectivity index (χ2n) is 5.28. The largest absolute Gasteiger partial charge is 0.356 e. The van der Waals surface area contributed by atoms with Gasteiger partial charge in [0.25, 0.3) is 0 Å². The second-order valence-corrected chi connectivity index (χ2v) is 6.19. The molecule has 1 aromatic rings. The van der Waals surface area contributed by atoms with Crippen molar-refractivity contribution in [3.8, 4) is 0 Å². The van der Waals surface area contributed by atoms with Crippen LogP contribution in [0.3, 0.4) is 0 Å². The first-order valence-corrected chi connectivity index (χ1v) is 8.12. The summed E-state index contributed by atoms with van der Waals surface area (Å²) in [6.45, 7) is 4.72. The standard InChI is InChI=1S/C16H23BrN2O2/c1-3-4-8-18-15(20)9-12(2)10-16(21)19-14-7-5-6-13(17)11-14/h5-7,11-12H,3-4,8-10H2,1-2H3,(H,18,20)(H,19,21). The van der Waals surface area contributed by atoms with Crippen LogP contribution in [0.1, 0.15) is 39.5 Å². The van der Waals surface area contributed by atoms with Crippen molar-refractivity contribution in [3.63, 3.8) is 0 Å². The summed E-state index contributed by atoms with van der Waals surface area (Å²) >= 11 is 3.36. The number of carbonyl (C=O) groups excluding carboxylic acids is 2. The molecule has 0 aliphatic carbocycles. The van der Waals surface area contributed by atoms with Crippen molar-refractivity contribution in [3.05, 3.63) is 28.7 Å². The number of halogens is 1. The number of unbranched alkanes of at least 4 members (excludes halogenated alkanes) is 1. The van der Waals surface area contributed by atoms with E-state index in [4.69, 9.17) is 0 Å². The molecule has 0 aliphatic rings. The average molecular weight is 355 g/mol. The van der Waals surface area contributed by atoms with Crippen LogP contribution in [0, 0.1) is 5.92 Å². The van der Waals surface area contributed by atoms with Crippen LogP contribution in [0.2, 0.25) is 0 Å². The van der Waals surface area contributed by atoms with Gasteiger partial charge >= 0.3 is 0 Å². The van der Waals surface area contributed by atoms with E-state index < -0.39 is 0 Å². The zero-order valence-corrected chi connectivity index (χ0v) is 14.2. The number of amides is 2. The van der Waals surface area contributed by atoms with E-state index in [1.807, 2.05) is 31.2 Å². The maximum atomic E-state index is 11.9. The highest BCUT2D eigenvalue weighted by Gasteiger charge is 2.13. The molecule has 116 valence electrons. The molecule has 0 heterocycles. The van der Waals surface area contributed by atoms with Crippen molar-refractivity contribution < 1.29 is 9.59 Å². The van der Waals surface area contributed by atoms with Gasteiger partial charge in [0.2, 0.25) is 11.8 Å². The molecule has 2 amide bonds. The summed E-state index contributed by atoms with van der Waals surface area (Å²) in [5, 5.41) is 5.71. The van der Waals surface area contributed by atoms with Crippen LogP contribution in [-0.2, 0) is 9.59 Å². The van der Waals surface area contributed by atoms with Gasteiger partial charge in [-0.1, -0.05) is 42.3 Å². The van der Waals surface area contributed by atoms with E-state index in [0.29, 0.717) is 19.4 Å². The van der Waals surface area contributed by atoms with Gasteiger partial charge in [-0.2, -0.15) is 0 Å². The van der Waals surface area contributed by atoms with Crippen molar-refractivity contribution in [2.24, 2.45) is 5.92 Å². The Hall–Kier alpha value is -1.36. The van der Waals surface area contributed by atoms with Crippen LogP contribution in [0.25, 0.3) is 0 Å². The molecule has 0 saturated carbocycles. The Bertz CT molecular complexity index is 477. The third-order valence-corrected chi connectivity index (χ3v) is 3.52. The number of hydrogen-bond acceptors (Lipinski definition) is 2. The van der Waals surface area contributed by atoms with Crippen LogP contribution in [0.15, 0.2) is 28.7 Å². The van der Waals surface area contributed by atoms with E-state index in [0.717, 1.165) is 23.0 Å². The fraction of sp³-hybridized carbons (Fsp3) is 0.500. The summed E-state index contributed by atoms with van der Waals surface area (Å²) in [5.41, 5.74) is 0.758. The maximum Gasteiger partial charge on any atom is 0.224 e. The number of benzene rings is 1. The molecule has 1 aromatic carbocycles. The quantitative estimate of drug-likeness (QED) is 0.699. The summed E-state index contributed by atoms with van der Waals surface area (Å²) in [6, 6.07) is 7.45. The Kier molecular flexibility index (Phi) is 8.05. The van der Waals surface area contributed by atoms with Crippen LogP contribution >= 0.6 is 15.9 Å². The zero-order chi connectivity index (χ0) is 15.7. The first-order chi connectivity index (χ1) is 10.0. The molecule has 0 aromatic heterocycles. The van der Waals surface area contributed by atoms with Crippen LogP contribution in [0.4, 0.5) is 5.69 Å². The molecule has 0 aliphatic heterocycles. The fourth-order valence-corrected chi connectivity index (χ4v) is 2.36. The van der Waals surface area contributed by atoms with Crippen molar-refractivity contribution in [2.75, 3.05) is 11.9 Å². The predicted molar refractivity (Wildman–Crippen MR) is 89.1 cm³/mol. The third-order valence-electron chi connectivity index (χ3n) is 3.03. The van der Waals surface area contributed by atoms with Gasteiger partial charge in [0, 0.05) is 29.5 Å². The lowest BCUT2D eigenvalue weighted by Crippen LogP contribution is -2.27. The van der Waals surface area contributed by atoms with Crippen molar-refractivity contribution in [2.45, 2.75) is 39.5 Å². The monoisotopic (exact) mass is 354 g/mol. The fourth-order valence-electron chi connectivity index (χ4n) is 1.96. The normalized spacial score (nSPS) is 11.8. The van der Waals surface area contributed by atoms with Crippen molar-refractivity contribution in [1.82, 2.24) is 5.32 Å². The summed E-state index contributed by atoms with van der Waals surface area (Å²) in [5.74, 6) is -0.0213. The molecular formula is C16H23BrN2O2. The van der Waals surface area contributed by atoms with Crippen molar-refractivity contribution >= 4 is 33.4 Å². The summed E-state index contributed by atoms with van der Waals surface area (Å²) in [6.07, 6.45) is 2.78. The number of rotatable bonds is 8. The number of nitrogens with one attached hydrogen (secondary N) is 2. The molecule has 1 unspecified atom stereocenters. The molecule has 0 bridgehead atoms. The lowest BCUT2D eigenvalue weighted by atomic mass is 10.0. The first kappa shape index (κ1) is 17.7. The summed E-state index contributed by atoms with van der Waals surface area (Å²) in [7, 11) is 0. The molecule has 0 fully saturated rings. The van der Waals surface area contributed by atoms with E-state index in [2.05, 4.69) is 33.5 Å². The molecule has 4 nitrogen and oxygen atoms in total. The number of carbonyl (C=O) groups is 2. The Morgan fingerprint density at radius 3 is 2.62 bits per heavy atom. The maximum absolute atomic E-state index is 11.9. The highest BCUT2D eigenvalue weighted by molar-refractivity contribution is 9.10. The Morgan fingerprint density at radius 1 is 1.24 bits per heavy atom. The SMILES string of the molecule is CCCCNC(=O)CC(C)CC(=O)Nc1cccc(Br)c1. The molecule has 1 atom stereocenters. The minimum atomic E-state index is -0.0676. The van der Waals surface area contributed by atoms with Gasteiger partial charge < -0.3 is 10.6 Å². The Morgan fingerprint density at radius 2 is 1.95 bits per heavy atom. The van der Waals surface area contributed by atoms with E-state index in [1.54, 1.807) is 0 Å². The lowest BCUT2D eigenvalue weighted by molar-refractivity contribution is -0.122. The van der Waals surface area contributed by atoms with Gasteiger partial charge in [-0.3, -0.25) is 9.59 Å². The minimum Gasteiger partial charge on any atom is -0.356 e. The van der Waals surface area contributed by atoms with Crippen LogP contribution < -0.4 is 10.6 Å². The third kappa shape index (κ3) is 7.85. The second kappa shape index (κ2) is 9.55. The van der Waals surface area contributed by atoms with E-state index in [1.165, 1.54) is 0 Å². The molecule has 1 rings (SSSR count). The molecule has 5 heteroatoms. The van der Waals surface area contributed by atoms with Crippen LogP contribution in [-0.4, -0.2) is 18.4 Å². The Labute approximate surface area is 134 Å². The van der Waals surface area contributed by atoms with E-state index >= 15 is 0 Å². The lowest BCUT2D eigenvalue weighted by Gasteiger charge is -2.12. The Balaban J connectivity index is 2.32. The average Bonchev–Trinajstić information content (AvgIpc) is 2.38. The number of anilines is 1. The van der Waals surface area contributed by atoms with Gasteiger partial charge in [-0.25, -0.2) is 0 Å². The van der Waals surface area contributed by atoms with Gasteiger partial charge in [-0.05, 0) is 30.5 Å². The topological polar surface area (TPSA) is 58.2 Å². The highest BCUT2D eigenvalue weighted by atomic mass is 79.9. The van der Waals surface area contributed by atoms with Gasteiger partial charge in [0.15, 0.2) is 0 Å². The zero-order valence-electron chi connectivity index (χ0n) is 12.6. The minimum absolute atomic E-state index is 0.0196. The summed E-state index contributed by atoms with van der Waals surface area (Å²) < 4.78 is 0.920. The molecule has 0 spiro atoms. The predicted octanol–water partition coefficient (Wildman–Crippen LogP) is 3.72.